The number of ether oxygens (including phenoxy) is 1. The molecule has 0 bridgehead atoms. The van der Waals surface area contributed by atoms with Gasteiger partial charge in [0.15, 0.2) is 0 Å². The maximum Gasteiger partial charge on any atom is 0.254 e. The molecule has 0 saturated carbocycles. The van der Waals surface area contributed by atoms with Gasteiger partial charge >= 0.3 is 0 Å². The molecule has 0 unspecified atom stereocenters. The van der Waals surface area contributed by atoms with Crippen molar-refractivity contribution < 1.29 is 18.7 Å². The highest BCUT2D eigenvalue weighted by Crippen LogP contribution is 2.32. The van der Waals surface area contributed by atoms with E-state index in [4.69, 9.17) is 4.74 Å². The van der Waals surface area contributed by atoms with Gasteiger partial charge in [-0.05, 0) is 60.0 Å². The number of hydrogen-bond donors (Lipinski definition) is 1. The third-order valence-corrected chi connectivity index (χ3v) is 5.81. The van der Waals surface area contributed by atoms with Crippen molar-refractivity contribution >= 4 is 18.0 Å². The minimum Gasteiger partial charge on any atom is -0.493 e. The number of benzene rings is 3. The summed E-state index contributed by atoms with van der Waals surface area (Å²) in [6.07, 6.45) is 1.71. The molecule has 1 aliphatic heterocycles. The standard InChI is InChI=1S/C27H26FN3O3/c1-4-34-25-13-18(8-10-21(25)17-6-5-7-20(28)12-17)27(33)31(3)16-19-9-11-22(26(32)29-2)24-15-30-14-23(19)24/h5-13,15H,4,14,16H2,1-3H3,(H,29,32). The van der Waals surface area contributed by atoms with E-state index in [-0.39, 0.29) is 17.6 Å². The van der Waals surface area contributed by atoms with Gasteiger partial charge in [0.1, 0.15) is 11.6 Å². The fourth-order valence-electron chi connectivity index (χ4n) is 4.13. The summed E-state index contributed by atoms with van der Waals surface area (Å²) in [5.74, 6) is -0.146. The average Bonchev–Trinajstić information content (AvgIpc) is 3.34. The lowest BCUT2D eigenvalue weighted by molar-refractivity contribution is 0.0784. The van der Waals surface area contributed by atoms with Crippen LogP contribution in [-0.4, -0.2) is 43.6 Å². The fourth-order valence-corrected chi connectivity index (χ4v) is 4.13. The second kappa shape index (κ2) is 9.87. The van der Waals surface area contributed by atoms with Gasteiger partial charge in [-0.2, -0.15) is 0 Å². The number of fused-ring (bicyclic) bond motifs is 1. The highest BCUT2D eigenvalue weighted by molar-refractivity contribution is 6.04. The molecule has 0 spiro atoms. The number of aliphatic imine (C=N–C) groups is 1. The highest BCUT2D eigenvalue weighted by atomic mass is 19.1. The molecule has 1 aliphatic rings. The van der Waals surface area contributed by atoms with E-state index in [2.05, 4.69) is 10.3 Å². The van der Waals surface area contributed by atoms with Crippen molar-refractivity contribution in [2.24, 2.45) is 4.99 Å². The summed E-state index contributed by atoms with van der Waals surface area (Å²) < 4.78 is 19.5. The Hall–Kier alpha value is -4.00. The summed E-state index contributed by atoms with van der Waals surface area (Å²) >= 11 is 0. The Bertz CT molecular complexity index is 1290. The van der Waals surface area contributed by atoms with E-state index in [0.717, 1.165) is 22.3 Å². The number of carbonyl (C=O) groups is 2. The molecular formula is C27H26FN3O3. The molecule has 0 radical (unpaired) electrons. The van der Waals surface area contributed by atoms with Crippen LogP contribution in [0.15, 0.2) is 59.6 Å². The third kappa shape index (κ3) is 4.55. The molecule has 7 heteroatoms. The van der Waals surface area contributed by atoms with Gasteiger partial charge in [0.2, 0.25) is 0 Å². The Labute approximate surface area is 198 Å². The predicted octanol–water partition coefficient (Wildman–Crippen LogP) is 4.46. The Morgan fingerprint density at radius 2 is 1.97 bits per heavy atom. The van der Waals surface area contributed by atoms with Gasteiger partial charge in [0, 0.05) is 49.1 Å². The van der Waals surface area contributed by atoms with Crippen LogP contribution in [0, 0.1) is 5.82 Å². The quantitative estimate of drug-likeness (QED) is 0.567. The van der Waals surface area contributed by atoms with Crippen molar-refractivity contribution in [2.75, 3.05) is 20.7 Å². The smallest absolute Gasteiger partial charge is 0.254 e. The second-order valence-corrected chi connectivity index (χ2v) is 8.03. The van der Waals surface area contributed by atoms with Crippen LogP contribution in [-0.2, 0) is 13.1 Å². The van der Waals surface area contributed by atoms with E-state index in [1.165, 1.54) is 12.1 Å². The van der Waals surface area contributed by atoms with Crippen molar-refractivity contribution in [1.82, 2.24) is 10.2 Å². The van der Waals surface area contributed by atoms with Crippen molar-refractivity contribution in [3.63, 3.8) is 0 Å². The molecule has 34 heavy (non-hydrogen) atoms. The minimum atomic E-state index is -0.334. The SMILES string of the molecule is CCOc1cc(C(=O)N(C)Cc2ccc(C(=O)NC)c3c2CN=C3)ccc1-c1cccc(F)c1. The van der Waals surface area contributed by atoms with Crippen LogP contribution in [0.4, 0.5) is 4.39 Å². The average molecular weight is 460 g/mol. The molecule has 6 nitrogen and oxygen atoms in total. The largest absolute Gasteiger partial charge is 0.493 e. The van der Waals surface area contributed by atoms with Gasteiger partial charge < -0.3 is 15.0 Å². The molecule has 4 rings (SSSR count). The number of amides is 2. The Kier molecular flexibility index (Phi) is 6.72. The minimum absolute atomic E-state index is 0.164. The highest BCUT2D eigenvalue weighted by Gasteiger charge is 2.22. The number of nitrogens with zero attached hydrogens (tertiary/aromatic N) is 2. The van der Waals surface area contributed by atoms with Gasteiger partial charge in [-0.25, -0.2) is 4.39 Å². The number of carbonyl (C=O) groups excluding carboxylic acids is 2. The summed E-state index contributed by atoms with van der Waals surface area (Å²) in [7, 11) is 3.33. The molecule has 0 aliphatic carbocycles. The van der Waals surface area contributed by atoms with E-state index < -0.39 is 0 Å². The molecule has 0 atom stereocenters. The molecule has 1 heterocycles. The summed E-state index contributed by atoms with van der Waals surface area (Å²) in [5, 5.41) is 2.65. The Morgan fingerprint density at radius 1 is 1.15 bits per heavy atom. The molecule has 2 amide bonds. The lowest BCUT2D eigenvalue weighted by Crippen LogP contribution is -2.27. The van der Waals surface area contributed by atoms with Crippen molar-refractivity contribution in [2.45, 2.75) is 20.0 Å². The van der Waals surface area contributed by atoms with Crippen LogP contribution < -0.4 is 10.1 Å². The molecule has 3 aromatic rings. The zero-order valence-electron chi connectivity index (χ0n) is 19.4. The third-order valence-electron chi connectivity index (χ3n) is 5.81. The first-order valence-corrected chi connectivity index (χ1v) is 11.1. The second-order valence-electron chi connectivity index (χ2n) is 8.03. The molecule has 174 valence electrons. The summed E-state index contributed by atoms with van der Waals surface area (Å²) in [4.78, 5) is 31.4. The number of halogens is 1. The van der Waals surface area contributed by atoms with Crippen LogP contribution >= 0.6 is 0 Å². The Balaban J connectivity index is 1.59. The fraction of sp³-hybridized carbons (Fsp3) is 0.222. The van der Waals surface area contributed by atoms with E-state index in [9.17, 15) is 14.0 Å². The topological polar surface area (TPSA) is 71.0 Å². The van der Waals surface area contributed by atoms with E-state index in [0.29, 0.717) is 42.1 Å². The number of nitrogens with one attached hydrogen (secondary N) is 1. The Morgan fingerprint density at radius 3 is 2.71 bits per heavy atom. The lowest BCUT2D eigenvalue weighted by atomic mass is 9.97. The van der Waals surface area contributed by atoms with Crippen LogP contribution in [0.25, 0.3) is 11.1 Å². The normalized spacial score (nSPS) is 11.8. The van der Waals surface area contributed by atoms with Gasteiger partial charge in [-0.3, -0.25) is 14.6 Å². The molecule has 1 N–H and O–H groups in total. The summed E-state index contributed by atoms with van der Waals surface area (Å²) in [5.41, 5.74) is 5.15. The van der Waals surface area contributed by atoms with Crippen molar-refractivity contribution in [3.05, 3.63) is 88.2 Å². The monoisotopic (exact) mass is 459 g/mol. The van der Waals surface area contributed by atoms with Crippen LogP contribution in [0.1, 0.15) is 44.3 Å². The molecule has 0 fully saturated rings. The first-order valence-electron chi connectivity index (χ1n) is 11.1. The van der Waals surface area contributed by atoms with E-state index in [1.807, 2.05) is 13.0 Å². The lowest BCUT2D eigenvalue weighted by Gasteiger charge is -2.21. The van der Waals surface area contributed by atoms with Crippen molar-refractivity contribution in [1.29, 1.82) is 0 Å². The summed E-state index contributed by atoms with van der Waals surface area (Å²) in [6, 6.07) is 15.1. The first-order chi connectivity index (χ1) is 16.4. The van der Waals surface area contributed by atoms with Gasteiger partial charge in [-0.1, -0.05) is 18.2 Å². The summed E-state index contributed by atoms with van der Waals surface area (Å²) in [6.45, 7) is 3.13. The van der Waals surface area contributed by atoms with Crippen molar-refractivity contribution in [3.8, 4) is 16.9 Å². The van der Waals surface area contributed by atoms with E-state index in [1.54, 1.807) is 61.6 Å². The predicted molar refractivity (Wildman–Crippen MR) is 130 cm³/mol. The molecular weight excluding hydrogens is 433 g/mol. The number of rotatable bonds is 7. The zero-order chi connectivity index (χ0) is 24.2. The molecule has 3 aromatic carbocycles. The van der Waals surface area contributed by atoms with E-state index >= 15 is 0 Å². The first kappa shape index (κ1) is 23.2. The van der Waals surface area contributed by atoms with Crippen LogP contribution in [0.3, 0.4) is 0 Å². The molecule has 0 saturated heterocycles. The molecule has 0 aromatic heterocycles. The zero-order valence-corrected chi connectivity index (χ0v) is 19.4. The van der Waals surface area contributed by atoms with Crippen LogP contribution in [0.2, 0.25) is 0 Å². The maximum atomic E-state index is 13.7. The number of hydrogen-bond acceptors (Lipinski definition) is 4. The van der Waals surface area contributed by atoms with Crippen LogP contribution in [0.5, 0.6) is 5.75 Å². The van der Waals surface area contributed by atoms with Gasteiger partial charge in [-0.15, -0.1) is 0 Å². The maximum absolute atomic E-state index is 13.7. The van der Waals surface area contributed by atoms with Gasteiger partial charge in [0.05, 0.1) is 13.2 Å². The van der Waals surface area contributed by atoms with Gasteiger partial charge in [0.25, 0.3) is 11.8 Å².